The quantitative estimate of drug-likeness (QED) is 0.451. The summed E-state index contributed by atoms with van der Waals surface area (Å²) in [5.41, 5.74) is 5.77. The van der Waals surface area contributed by atoms with Gasteiger partial charge in [0.2, 0.25) is 0 Å². The van der Waals surface area contributed by atoms with E-state index in [1.54, 1.807) is 0 Å². The van der Waals surface area contributed by atoms with Crippen molar-refractivity contribution in [3.63, 3.8) is 0 Å². The molecule has 8 nitrogen and oxygen atoms in total. The first-order chi connectivity index (χ1) is 8.00. The fraction of sp³-hybridized carbons (Fsp3) is 0.250. The van der Waals surface area contributed by atoms with Crippen molar-refractivity contribution < 1.29 is 25.9 Å². The molecule has 0 heterocycles. The van der Waals surface area contributed by atoms with Crippen LogP contribution in [-0.2, 0) is 20.2 Å². The number of nitrogens with two attached hydrogens (primary N) is 1. The molecule has 10 heteroatoms. The summed E-state index contributed by atoms with van der Waals surface area (Å²) in [4.78, 5) is -0.461. The average Bonchev–Trinajstić information content (AvgIpc) is 2.15. The molecule has 1 rings (SSSR count). The first-order valence-corrected chi connectivity index (χ1v) is 7.62. The molecule has 0 aliphatic heterocycles. The summed E-state index contributed by atoms with van der Waals surface area (Å²) in [5, 5.41) is 2.38. The van der Waals surface area contributed by atoms with E-state index in [4.69, 9.17) is 14.8 Å². The Morgan fingerprint density at radius 1 is 1.22 bits per heavy atom. The molecule has 0 saturated carbocycles. The summed E-state index contributed by atoms with van der Waals surface area (Å²) in [7, 11) is -8.65. The SMILES string of the molecule is Cc1cc(S(=O)(=O)O)c(N)cc1NCS(=O)(=O)O. The van der Waals surface area contributed by atoms with Crippen molar-refractivity contribution in [2.45, 2.75) is 11.8 Å². The van der Waals surface area contributed by atoms with E-state index in [1.807, 2.05) is 0 Å². The van der Waals surface area contributed by atoms with E-state index in [1.165, 1.54) is 6.92 Å². The summed E-state index contributed by atoms with van der Waals surface area (Å²) in [6, 6.07) is 2.25. The van der Waals surface area contributed by atoms with E-state index in [-0.39, 0.29) is 11.4 Å². The maximum atomic E-state index is 11.0. The maximum Gasteiger partial charge on any atom is 0.296 e. The molecule has 1 aromatic carbocycles. The summed E-state index contributed by atoms with van der Waals surface area (Å²) < 4.78 is 60.5. The van der Waals surface area contributed by atoms with Crippen LogP contribution in [0.15, 0.2) is 17.0 Å². The van der Waals surface area contributed by atoms with Crippen LogP contribution in [0.1, 0.15) is 5.56 Å². The second kappa shape index (κ2) is 4.72. The number of rotatable bonds is 4. The van der Waals surface area contributed by atoms with Crippen LogP contribution in [0, 0.1) is 6.92 Å². The van der Waals surface area contributed by atoms with Gasteiger partial charge in [0.25, 0.3) is 20.2 Å². The maximum absolute atomic E-state index is 11.0. The molecule has 0 fully saturated rings. The minimum absolute atomic E-state index is 0.234. The minimum atomic E-state index is -4.44. The Morgan fingerprint density at radius 2 is 1.78 bits per heavy atom. The lowest BCUT2D eigenvalue weighted by Crippen LogP contribution is -2.14. The van der Waals surface area contributed by atoms with Gasteiger partial charge in [-0.1, -0.05) is 0 Å². The number of anilines is 2. The van der Waals surface area contributed by atoms with Crippen LogP contribution in [0.3, 0.4) is 0 Å². The number of nitrogen functional groups attached to an aromatic ring is 1. The molecule has 0 unspecified atom stereocenters. The van der Waals surface area contributed by atoms with E-state index in [0.717, 1.165) is 12.1 Å². The van der Waals surface area contributed by atoms with Crippen LogP contribution < -0.4 is 11.1 Å². The van der Waals surface area contributed by atoms with Gasteiger partial charge >= 0.3 is 0 Å². The van der Waals surface area contributed by atoms with Gasteiger partial charge in [-0.2, -0.15) is 16.8 Å². The molecule has 102 valence electrons. The van der Waals surface area contributed by atoms with Crippen LogP contribution in [-0.4, -0.2) is 31.8 Å². The third-order valence-corrected chi connectivity index (χ3v) is 3.50. The summed E-state index contributed by atoms with van der Waals surface area (Å²) in [6.45, 7) is 1.49. The van der Waals surface area contributed by atoms with Gasteiger partial charge in [0.15, 0.2) is 0 Å². The molecule has 0 radical (unpaired) electrons. The number of hydrogen-bond acceptors (Lipinski definition) is 6. The van der Waals surface area contributed by atoms with Crippen molar-refractivity contribution >= 4 is 31.6 Å². The van der Waals surface area contributed by atoms with Gasteiger partial charge in [-0.3, -0.25) is 9.11 Å². The molecular formula is C8H12N2O6S2. The highest BCUT2D eigenvalue weighted by Crippen LogP contribution is 2.26. The molecule has 0 aliphatic carbocycles. The second-order valence-electron chi connectivity index (χ2n) is 3.58. The van der Waals surface area contributed by atoms with Crippen molar-refractivity contribution in [1.29, 1.82) is 0 Å². The third kappa shape index (κ3) is 3.84. The molecule has 18 heavy (non-hydrogen) atoms. The molecule has 0 aliphatic rings. The van der Waals surface area contributed by atoms with E-state index in [9.17, 15) is 16.8 Å². The lowest BCUT2D eigenvalue weighted by Gasteiger charge is -2.11. The van der Waals surface area contributed by atoms with E-state index in [0.29, 0.717) is 5.56 Å². The van der Waals surface area contributed by atoms with E-state index < -0.39 is 31.0 Å². The predicted molar refractivity (Wildman–Crippen MR) is 65.4 cm³/mol. The molecule has 1 aromatic rings. The van der Waals surface area contributed by atoms with Crippen molar-refractivity contribution in [3.05, 3.63) is 17.7 Å². The topological polar surface area (TPSA) is 147 Å². The number of benzene rings is 1. The van der Waals surface area contributed by atoms with Crippen molar-refractivity contribution in [3.8, 4) is 0 Å². The molecule has 0 amide bonds. The standard InChI is InChI=1S/C8H12N2O6S2/c1-5-2-8(18(14,15)16)6(9)3-7(5)10-4-17(11,12)13/h2-3,10H,4,9H2,1H3,(H,11,12,13)(H,14,15,16). The molecule has 0 atom stereocenters. The Kier molecular flexibility index (Phi) is 3.86. The Morgan fingerprint density at radius 3 is 2.22 bits per heavy atom. The lowest BCUT2D eigenvalue weighted by molar-refractivity contribution is 0.481. The van der Waals surface area contributed by atoms with Gasteiger partial charge in [-0.25, -0.2) is 0 Å². The van der Waals surface area contributed by atoms with Gasteiger partial charge in [-0.15, -0.1) is 0 Å². The molecule has 0 spiro atoms. The molecule has 0 saturated heterocycles. The predicted octanol–water partition coefficient (Wildman–Crippen LogP) is 0.0811. The highest BCUT2D eigenvalue weighted by Gasteiger charge is 2.16. The third-order valence-electron chi connectivity index (χ3n) is 2.08. The lowest BCUT2D eigenvalue weighted by atomic mass is 10.2. The van der Waals surface area contributed by atoms with Gasteiger partial charge in [0.05, 0.1) is 5.69 Å². The fourth-order valence-corrected chi connectivity index (χ4v) is 2.30. The van der Waals surface area contributed by atoms with Gasteiger partial charge in [0, 0.05) is 5.69 Å². The zero-order chi connectivity index (χ0) is 14.1. The fourth-order valence-electron chi connectivity index (χ4n) is 1.28. The Bertz CT molecular complexity index is 665. The summed E-state index contributed by atoms with van der Waals surface area (Å²) >= 11 is 0. The Balaban J connectivity index is 3.16. The van der Waals surface area contributed by atoms with Gasteiger partial charge < -0.3 is 11.1 Å². The number of nitrogens with one attached hydrogen (secondary N) is 1. The monoisotopic (exact) mass is 296 g/mol. The minimum Gasteiger partial charge on any atom is -0.398 e. The van der Waals surface area contributed by atoms with E-state index in [2.05, 4.69) is 5.32 Å². The summed E-state index contributed by atoms with van der Waals surface area (Å²) in [5.74, 6) is -0.738. The van der Waals surface area contributed by atoms with Crippen molar-refractivity contribution in [2.75, 3.05) is 16.9 Å². The summed E-state index contributed by atoms with van der Waals surface area (Å²) in [6.07, 6.45) is 0. The highest BCUT2D eigenvalue weighted by atomic mass is 32.2. The largest absolute Gasteiger partial charge is 0.398 e. The normalized spacial score (nSPS) is 12.4. The zero-order valence-corrected chi connectivity index (χ0v) is 10.9. The smallest absolute Gasteiger partial charge is 0.296 e. The number of aryl methyl sites for hydroxylation is 1. The van der Waals surface area contributed by atoms with Crippen LogP contribution in [0.25, 0.3) is 0 Å². The van der Waals surface area contributed by atoms with Crippen LogP contribution >= 0.6 is 0 Å². The van der Waals surface area contributed by atoms with Gasteiger partial charge in [0.1, 0.15) is 10.8 Å². The Labute approximate surface area is 104 Å². The molecule has 0 bridgehead atoms. The molecule has 0 aromatic heterocycles. The zero-order valence-electron chi connectivity index (χ0n) is 9.28. The molecule has 5 N–H and O–H groups in total. The van der Waals surface area contributed by atoms with E-state index >= 15 is 0 Å². The van der Waals surface area contributed by atoms with Crippen LogP contribution in [0.5, 0.6) is 0 Å². The Hall–Kier alpha value is -1.36. The van der Waals surface area contributed by atoms with Crippen LogP contribution in [0.4, 0.5) is 11.4 Å². The second-order valence-corrected chi connectivity index (χ2v) is 6.43. The molecular weight excluding hydrogens is 284 g/mol. The van der Waals surface area contributed by atoms with Crippen molar-refractivity contribution in [2.24, 2.45) is 0 Å². The number of hydrogen-bond donors (Lipinski definition) is 4. The first-order valence-electron chi connectivity index (χ1n) is 4.57. The van der Waals surface area contributed by atoms with Crippen LogP contribution in [0.2, 0.25) is 0 Å². The van der Waals surface area contributed by atoms with Crippen molar-refractivity contribution in [1.82, 2.24) is 0 Å². The first kappa shape index (κ1) is 14.7. The average molecular weight is 296 g/mol. The highest BCUT2D eigenvalue weighted by molar-refractivity contribution is 7.86. The van der Waals surface area contributed by atoms with Gasteiger partial charge in [-0.05, 0) is 24.6 Å².